The Morgan fingerprint density at radius 2 is 1.64 bits per heavy atom. The van der Waals surface area contributed by atoms with Crippen molar-refractivity contribution in [3.8, 4) is 0 Å². The van der Waals surface area contributed by atoms with Crippen LogP contribution in [0.4, 0.5) is 0 Å². The molecule has 0 aromatic rings. The fourth-order valence-electron chi connectivity index (χ4n) is 0.231. The standard InChI is InChI=1S/C5H10O2.2H3N.H2O4S/c1-2-4-7-5-3-6;;;1-5(2,3)4/h2,6H,1,3-5H2;2*1H3;(H2,1,2,3,4). The Morgan fingerprint density at radius 3 is 1.86 bits per heavy atom. The first-order chi connectivity index (χ1) is 5.41. The summed E-state index contributed by atoms with van der Waals surface area (Å²) in [6, 6.07) is 0. The highest BCUT2D eigenvalue weighted by molar-refractivity contribution is 7.79. The van der Waals surface area contributed by atoms with Crippen LogP contribution in [0.5, 0.6) is 0 Å². The second kappa shape index (κ2) is 14.9. The van der Waals surface area contributed by atoms with Gasteiger partial charge in [0, 0.05) is 0 Å². The average Bonchev–Trinajstić information content (AvgIpc) is 1.85. The normalized spacial score (nSPS) is 8.50. The molecule has 0 unspecified atom stereocenters. The second-order valence-corrected chi connectivity index (χ2v) is 2.43. The molecule has 90 valence electrons. The molecular formula is C5H18N2O6S. The van der Waals surface area contributed by atoms with Gasteiger partial charge in [-0.15, -0.1) is 6.58 Å². The zero-order chi connectivity index (χ0) is 10.0. The Labute approximate surface area is 83.3 Å². The van der Waals surface area contributed by atoms with Crippen molar-refractivity contribution in [3.05, 3.63) is 12.7 Å². The van der Waals surface area contributed by atoms with Crippen molar-refractivity contribution in [2.75, 3.05) is 19.8 Å². The Kier molecular flexibility index (Phi) is 24.9. The lowest BCUT2D eigenvalue weighted by Crippen LogP contribution is -1.97. The van der Waals surface area contributed by atoms with Crippen molar-refractivity contribution in [2.45, 2.75) is 0 Å². The third-order valence-corrected chi connectivity index (χ3v) is 0.471. The number of hydrogen-bond donors (Lipinski definition) is 5. The zero-order valence-corrected chi connectivity index (χ0v) is 8.61. The molecule has 0 aliphatic carbocycles. The molecule has 0 atom stereocenters. The maximum atomic E-state index is 8.74. The van der Waals surface area contributed by atoms with Crippen LogP contribution in [-0.2, 0) is 15.1 Å². The smallest absolute Gasteiger partial charge is 0.394 e. The summed E-state index contributed by atoms with van der Waals surface area (Å²) in [6.07, 6.45) is 1.65. The summed E-state index contributed by atoms with van der Waals surface area (Å²) in [4.78, 5) is 0. The van der Waals surface area contributed by atoms with Gasteiger partial charge in [0.25, 0.3) is 0 Å². The first kappa shape index (κ1) is 23.3. The topological polar surface area (TPSA) is 174 Å². The molecule has 9 N–H and O–H groups in total. The van der Waals surface area contributed by atoms with E-state index in [0.29, 0.717) is 13.2 Å². The van der Waals surface area contributed by atoms with Gasteiger partial charge in [-0.2, -0.15) is 8.42 Å². The molecule has 0 spiro atoms. The summed E-state index contributed by atoms with van der Waals surface area (Å²) in [7, 11) is -4.67. The average molecular weight is 234 g/mol. The number of hydrogen-bond acceptors (Lipinski definition) is 6. The molecular weight excluding hydrogens is 216 g/mol. The van der Waals surface area contributed by atoms with Gasteiger partial charge in [0.15, 0.2) is 0 Å². The number of rotatable bonds is 4. The van der Waals surface area contributed by atoms with E-state index in [1.54, 1.807) is 6.08 Å². The van der Waals surface area contributed by atoms with E-state index in [2.05, 4.69) is 6.58 Å². The molecule has 9 heteroatoms. The van der Waals surface area contributed by atoms with Crippen molar-refractivity contribution in [1.29, 1.82) is 0 Å². The maximum Gasteiger partial charge on any atom is 0.394 e. The van der Waals surface area contributed by atoms with Gasteiger partial charge in [0.2, 0.25) is 0 Å². The Bertz CT molecular complexity index is 184. The Morgan fingerprint density at radius 1 is 1.29 bits per heavy atom. The molecule has 0 amide bonds. The lowest BCUT2D eigenvalue weighted by atomic mass is 10.7. The van der Waals surface area contributed by atoms with Gasteiger partial charge in [-0.1, -0.05) is 6.08 Å². The highest BCUT2D eigenvalue weighted by Crippen LogP contribution is 1.70. The van der Waals surface area contributed by atoms with E-state index < -0.39 is 10.4 Å². The van der Waals surface area contributed by atoms with Crippen LogP contribution in [0.3, 0.4) is 0 Å². The SMILES string of the molecule is C=CCOCCO.N.N.O=S(=O)(O)O. The van der Waals surface area contributed by atoms with Crippen molar-refractivity contribution in [3.63, 3.8) is 0 Å². The lowest BCUT2D eigenvalue weighted by molar-refractivity contribution is 0.112. The van der Waals surface area contributed by atoms with E-state index in [4.69, 9.17) is 27.4 Å². The largest absolute Gasteiger partial charge is 0.394 e. The molecule has 0 aromatic carbocycles. The van der Waals surface area contributed by atoms with Crippen LogP contribution >= 0.6 is 0 Å². The summed E-state index contributed by atoms with van der Waals surface area (Å²) in [5, 5.41) is 8.13. The number of ether oxygens (including phenoxy) is 1. The monoisotopic (exact) mass is 234 g/mol. The van der Waals surface area contributed by atoms with Gasteiger partial charge in [-0.3, -0.25) is 9.11 Å². The van der Waals surface area contributed by atoms with Crippen molar-refractivity contribution < 1.29 is 27.4 Å². The number of aliphatic hydroxyl groups is 1. The first-order valence-electron chi connectivity index (χ1n) is 2.91. The maximum absolute atomic E-state index is 8.74. The number of aliphatic hydroxyl groups excluding tert-OH is 1. The van der Waals surface area contributed by atoms with Crippen LogP contribution in [0.15, 0.2) is 12.7 Å². The van der Waals surface area contributed by atoms with E-state index in [0.717, 1.165) is 0 Å². The zero-order valence-electron chi connectivity index (χ0n) is 7.79. The predicted molar refractivity (Wildman–Crippen MR) is 52.3 cm³/mol. The minimum absolute atomic E-state index is 0. The molecule has 0 aliphatic rings. The fourth-order valence-corrected chi connectivity index (χ4v) is 0.231. The molecule has 0 saturated heterocycles. The van der Waals surface area contributed by atoms with Crippen molar-refractivity contribution >= 4 is 10.4 Å². The van der Waals surface area contributed by atoms with Crippen LogP contribution in [0.25, 0.3) is 0 Å². The van der Waals surface area contributed by atoms with Crippen molar-refractivity contribution in [2.24, 2.45) is 0 Å². The van der Waals surface area contributed by atoms with Crippen LogP contribution in [0, 0.1) is 0 Å². The summed E-state index contributed by atoms with van der Waals surface area (Å²) in [5.41, 5.74) is 0. The highest BCUT2D eigenvalue weighted by Gasteiger charge is 1.84. The van der Waals surface area contributed by atoms with Crippen LogP contribution in [0.1, 0.15) is 0 Å². The Balaban J connectivity index is -0.0000000651. The van der Waals surface area contributed by atoms with Gasteiger partial charge in [0.05, 0.1) is 19.8 Å². The molecule has 0 aliphatic heterocycles. The summed E-state index contributed by atoms with van der Waals surface area (Å²) < 4.78 is 36.3. The van der Waals surface area contributed by atoms with E-state index in [-0.39, 0.29) is 18.9 Å². The first-order valence-corrected chi connectivity index (χ1v) is 4.31. The third kappa shape index (κ3) is 105. The van der Waals surface area contributed by atoms with Gasteiger partial charge in [-0.05, 0) is 0 Å². The predicted octanol–water partition coefficient (Wildman–Crippen LogP) is -0.147. The van der Waals surface area contributed by atoms with E-state index in [1.165, 1.54) is 0 Å². The molecule has 0 saturated carbocycles. The Hall–Kier alpha value is -0.550. The minimum atomic E-state index is -4.67. The lowest BCUT2D eigenvalue weighted by Gasteiger charge is -1.92. The van der Waals surface area contributed by atoms with Gasteiger partial charge in [-0.25, -0.2) is 0 Å². The van der Waals surface area contributed by atoms with E-state index in [1.807, 2.05) is 0 Å². The fraction of sp³-hybridized carbons (Fsp3) is 0.600. The highest BCUT2D eigenvalue weighted by atomic mass is 32.3. The van der Waals surface area contributed by atoms with Gasteiger partial charge >= 0.3 is 10.4 Å². The summed E-state index contributed by atoms with van der Waals surface area (Å²) in [5.74, 6) is 0. The van der Waals surface area contributed by atoms with Gasteiger partial charge in [0.1, 0.15) is 0 Å². The van der Waals surface area contributed by atoms with Crippen LogP contribution in [-0.4, -0.2) is 42.5 Å². The minimum Gasteiger partial charge on any atom is -0.394 e. The molecule has 0 rings (SSSR count). The molecule has 0 aromatic heterocycles. The molecule has 14 heavy (non-hydrogen) atoms. The molecule has 0 bridgehead atoms. The second-order valence-electron chi connectivity index (χ2n) is 1.54. The van der Waals surface area contributed by atoms with Gasteiger partial charge < -0.3 is 22.1 Å². The van der Waals surface area contributed by atoms with Crippen LogP contribution < -0.4 is 12.3 Å². The molecule has 0 heterocycles. The van der Waals surface area contributed by atoms with Crippen molar-refractivity contribution in [1.82, 2.24) is 12.3 Å². The summed E-state index contributed by atoms with van der Waals surface area (Å²) in [6.45, 7) is 4.45. The quantitative estimate of drug-likeness (QED) is 0.253. The van der Waals surface area contributed by atoms with E-state index >= 15 is 0 Å². The molecule has 8 nitrogen and oxygen atoms in total. The molecule has 0 fully saturated rings. The third-order valence-electron chi connectivity index (χ3n) is 0.471. The summed E-state index contributed by atoms with van der Waals surface area (Å²) >= 11 is 0. The van der Waals surface area contributed by atoms with Crippen LogP contribution in [0.2, 0.25) is 0 Å². The van der Waals surface area contributed by atoms with E-state index in [9.17, 15) is 0 Å². The molecule has 0 radical (unpaired) electrons.